The molecule has 0 unspecified atom stereocenters. The topological polar surface area (TPSA) is 97.5 Å². The molecule has 1 heterocycles. The van der Waals surface area contributed by atoms with Crippen LogP contribution in [0, 0.1) is 5.92 Å². The van der Waals surface area contributed by atoms with E-state index in [1.807, 2.05) is 0 Å². The zero-order valence-electron chi connectivity index (χ0n) is 7.14. The number of hydrogen-bond acceptors (Lipinski definition) is 4. The Morgan fingerprint density at radius 2 is 2.08 bits per heavy atom. The second-order valence-corrected chi connectivity index (χ2v) is 5.59. The molecule has 0 bridgehead atoms. The number of carbonyl (C=O) groups is 1. The summed E-state index contributed by atoms with van der Waals surface area (Å²) in [4.78, 5) is 10.2. The highest BCUT2D eigenvalue weighted by atomic mass is 32.2. The number of nitrogens with two attached hydrogens (primary N) is 1. The van der Waals surface area contributed by atoms with Crippen LogP contribution in [0.3, 0.4) is 0 Å². The summed E-state index contributed by atoms with van der Waals surface area (Å²) in [7, 11) is -3.01. The van der Waals surface area contributed by atoms with E-state index in [9.17, 15) is 13.2 Å². The average Bonchev–Trinajstić information content (AvgIpc) is 2.20. The molecule has 5 nitrogen and oxygen atoms in total. The lowest BCUT2D eigenvalue weighted by molar-refractivity contribution is -0.137. The molecule has 76 valence electrons. The van der Waals surface area contributed by atoms with Crippen molar-refractivity contribution >= 4 is 15.8 Å². The first-order valence-electron chi connectivity index (χ1n) is 4.08. The van der Waals surface area contributed by atoms with E-state index >= 15 is 0 Å². The molecule has 13 heavy (non-hydrogen) atoms. The summed E-state index contributed by atoms with van der Waals surface area (Å²) in [6, 6.07) is -0.385. The van der Waals surface area contributed by atoms with Crippen molar-refractivity contribution < 1.29 is 18.3 Å². The predicted molar refractivity (Wildman–Crippen MR) is 47.0 cm³/mol. The fourth-order valence-corrected chi connectivity index (χ4v) is 3.61. The van der Waals surface area contributed by atoms with Gasteiger partial charge in [0.2, 0.25) is 0 Å². The molecule has 0 aliphatic carbocycles. The molecule has 0 aromatic rings. The zero-order valence-corrected chi connectivity index (χ0v) is 7.96. The van der Waals surface area contributed by atoms with Crippen LogP contribution in [0.5, 0.6) is 0 Å². The molecule has 1 aliphatic heterocycles. The Labute approximate surface area is 76.8 Å². The first-order valence-corrected chi connectivity index (χ1v) is 5.90. The second-order valence-electron chi connectivity index (χ2n) is 3.43. The van der Waals surface area contributed by atoms with Gasteiger partial charge in [-0.15, -0.1) is 0 Å². The molecule has 1 aliphatic rings. The Hall–Kier alpha value is -0.620. The van der Waals surface area contributed by atoms with Crippen LogP contribution in [0.2, 0.25) is 0 Å². The highest BCUT2D eigenvalue weighted by molar-refractivity contribution is 7.91. The Kier molecular flexibility index (Phi) is 2.92. The van der Waals surface area contributed by atoms with Crippen LogP contribution in [-0.4, -0.2) is 37.0 Å². The highest BCUT2D eigenvalue weighted by Gasteiger charge is 2.34. The normalized spacial score (nSPS) is 31.8. The van der Waals surface area contributed by atoms with Crippen LogP contribution in [0.1, 0.15) is 12.8 Å². The third-order valence-corrected chi connectivity index (χ3v) is 4.08. The van der Waals surface area contributed by atoms with Crippen LogP contribution in [-0.2, 0) is 14.6 Å². The van der Waals surface area contributed by atoms with E-state index in [1.165, 1.54) is 0 Å². The van der Waals surface area contributed by atoms with Gasteiger partial charge in [0.05, 0.1) is 11.5 Å². The fraction of sp³-hybridized carbons (Fsp3) is 0.857. The first kappa shape index (κ1) is 10.5. The number of sulfone groups is 1. The summed E-state index contributed by atoms with van der Waals surface area (Å²) >= 11 is 0. The van der Waals surface area contributed by atoms with Crippen molar-refractivity contribution in [2.24, 2.45) is 11.7 Å². The van der Waals surface area contributed by atoms with Gasteiger partial charge in [-0.1, -0.05) is 0 Å². The lowest BCUT2D eigenvalue weighted by Gasteiger charge is -2.10. The number of hydrogen-bond donors (Lipinski definition) is 2. The molecule has 2 atom stereocenters. The second kappa shape index (κ2) is 3.63. The predicted octanol–water partition coefficient (Wildman–Crippen LogP) is -0.777. The minimum absolute atomic E-state index is 0.00269. The maximum absolute atomic E-state index is 11.1. The minimum atomic E-state index is -3.01. The molecule has 0 aromatic heterocycles. The lowest BCUT2D eigenvalue weighted by atomic mass is 9.99. The van der Waals surface area contributed by atoms with Gasteiger partial charge in [0, 0.05) is 12.5 Å². The van der Waals surface area contributed by atoms with E-state index in [2.05, 4.69) is 0 Å². The quantitative estimate of drug-likeness (QED) is 0.633. The molecular weight excluding hydrogens is 194 g/mol. The monoisotopic (exact) mass is 207 g/mol. The Bertz CT molecular complexity index is 298. The van der Waals surface area contributed by atoms with Crippen LogP contribution in [0.4, 0.5) is 0 Å². The summed E-state index contributed by atoms with van der Waals surface area (Å²) in [5.41, 5.74) is 5.57. The SMILES string of the molecule is N[C@@H]1CS(=O)(=O)C[C@@H]1CCC(=O)O. The Morgan fingerprint density at radius 1 is 1.46 bits per heavy atom. The van der Waals surface area contributed by atoms with Crippen LogP contribution >= 0.6 is 0 Å². The van der Waals surface area contributed by atoms with Crippen LogP contribution in [0.15, 0.2) is 0 Å². The molecule has 0 saturated carbocycles. The summed E-state index contributed by atoms with van der Waals surface area (Å²) < 4.78 is 22.1. The Morgan fingerprint density at radius 3 is 2.46 bits per heavy atom. The van der Waals surface area contributed by atoms with E-state index in [1.54, 1.807) is 0 Å². The van der Waals surface area contributed by atoms with E-state index in [0.29, 0.717) is 6.42 Å². The third-order valence-electron chi connectivity index (χ3n) is 2.25. The fourth-order valence-electron chi connectivity index (χ4n) is 1.55. The van der Waals surface area contributed by atoms with E-state index in [0.717, 1.165) is 0 Å². The molecule has 0 amide bonds. The van der Waals surface area contributed by atoms with Gasteiger partial charge in [-0.2, -0.15) is 0 Å². The smallest absolute Gasteiger partial charge is 0.303 e. The third kappa shape index (κ3) is 2.96. The van der Waals surface area contributed by atoms with E-state index in [4.69, 9.17) is 10.8 Å². The van der Waals surface area contributed by atoms with Crippen LogP contribution < -0.4 is 5.73 Å². The molecule has 1 saturated heterocycles. The maximum atomic E-state index is 11.1. The number of aliphatic carboxylic acids is 1. The average molecular weight is 207 g/mol. The summed E-state index contributed by atoms with van der Waals surface area (Å²) in [6.45, 7) is 0. The van der Waals surface area contributed by atoms with Crippen LogP contribution in [0.25, 0.3) is 0 Å². The molecule has 6 heteroatoms. The van der Waals surface area contributed by atoms with Crippen molar-refractivity contribution in [3.63, 3.8) is 0 Å². The van der Waals surface area contributed by atoms with Gasteiger partial charge in [0.1, 0.15) is 0 Å². The van der Waals surface area contributed by atoms with Gasteiger partial charge in [-0.3, -0.25) is 4.79 Å². The lowest BCUT2D eigenvalue weighted by Crippen LogP contribution is -2.28. The van der Waals surface area contributed by atoms with E-state index in [-0.39, 0.29) is 29.9 Å². The van der Waals surface area contributed by atoms with Gasteiger partial charge in [0.25, 0.3) is 0 Å². The molecule has 1 rings (SSSR count). The summed E-state index contributed by atoms with van der Waals surface area (Å²) in [5.74, 6) is -1.05. The standard InChI is InChI=1S/C7H13NO4S/c8-6-4-13(11,12)3-5(6)1-2-7(9)10/h5-6H,1-4,8H2,(H,9,10)/t5-,6+/m0/s1. The van der Waals surface area contributed by atoms with Gasteiger partial charge in [-0.25, -0.2) is 8.42 Å². The molecule has 0 spiro atoms. The number of carboxylic acids is 1. The first-order chi connectivity index (χ1) is 5.91. The van der Waals surface area contributed by atoms with Crippen molar-refractivity contribution in [3.05, 3.63) is 0 Å². The largest absolute Gasteiger partial charge is 0.481 e. The molecule has 0 aromatic carbocycles. The molecule has 3 N–H and O–H groups in total. The van der Waals surface area contributed by atoms with E-state index < -0.39 is 15.8 Å². The van der Waals surface area contributed by atoms with Crippen molar-refractivity contribution in [1.29, 1.82) is 0 Å². The molecule has 0 radical (unpaired) electrons. The van der Waals surface area contributed by atoms with Gasteiger partial charge < -0.3 is 10.8 Å². The van der Waals surface area contributed by atoms with Crippen molar-refractivity contribution in [3.8, 4) is 0 Å². The van der Waals surface area contributed by atoms with Crippen molar-refractivity contribution in [2.45, 2.75) is 18.9 Å². The summed E-state index contributed by atoms with van der Waals surface area (Å²) in [6.07, 6.45) is 0.351. The van der Waals surface area contributed by atoms with Crippen molar-refractivity contribution in [2.75, 3.05) is 11.5 Å². The van der Waals surface area contributed by atoms with Crippen molar-refractivity contribution in [1.82, 2.24) is 0 Å². The minimum Gasteiger partial charge on any atom is -0.481 e. The van der Waals surface area contributed by atoms with Gasteiger partial charge in [-0.05, 0) is 12.3 Å². The zero-order chi connectivity index (χ0) is 10.1. The van der Waals surface area contributed by atoms with Gasteiger partial charge in [0.15, 0.2) is 9.84 Å². The maximum Gasteiger partial charge on any atom is 0.303 e. The molecule has 1 fully saturated rings. The highest BCUT2D eigenvalue weighted by Crippen LogP contribution is 2.21. The summed E-state index contributed by atoms with van der Waals surface area (Å²) in [5, 5.41) is 8.40. The Balaban J connectivity index is 2.49. The number of rotatable bonds is 3. The van der Waals surface area contributed by atoms with Gasteiger partial charge >= 0.3 is 5.97 Å². The number of carboxylic acid groups (broad SMARTS) is 1. The molecular formula is C7H13NO4S.